The van der Waals surface area contributed by atoms with Crippen LogP contribution in [0, 0.1) is 5.92 Å². The van der Waals surface area contributed by atoms with Crippen LogP contribution in [0.4, 0.5) is 0 Å². The van der Waals surface area contributed by atoms with Crippen molar-refractivity contribution in [3.8, 4) is 5.88 Å². The van der Waals surface area contributed by atoms with Crippen LogP contribution in [-0.4, -0.2) is 62.5 Å². The van der Waals surface area contributed by atoms with E-state index in [2.05, 4.69) is 13.6 Å². The number of hydrogen-bond acceptors (Lipinski definition) is 7. The van der Waals surface area contributed by atoms with Gasteiger partial charge >= 0.3 is 11.9 Å². The third-order valence-corrected chi connectivity index (χ3v) is 4.70. The molecule has 23 heavy (non-hydrogen) atoms. The predicted molar refractivity (Wildman–Crippen MR) is 83.7 cm³/mol. The van der Waals surface area contributed by atoms with Gasteiger partial charge in [0.05, 0.1) is 18.8 Å². The second-order valence-corrected chi connectivity index (χ2v) is 6.07. The first-order valence-electron chi connectivity index (χ1n) is 6.88. The van der Waals surface area contributed by atoms with Gasteiger partial charge in [-0.1, -0.05) is 11.6 Å². The molecule has 1 fully saturated rings. The van der Waals surface area contributed by atoms with Gasteiger partial charge in [0.25, 0.3) is 5.88 Å². The summed E-state index contributed by atoms with van der Waals surface area (Å²) in [7, 11) is 1.62. The fourth-order valence-electron chi connectivity index (χ4n) is 2.64. The lowest BCUT2D eigenvalue weighted by atomic mass is 9.90. The van der Waals surface area contributed by atoms with Gasteiger partial charge in [-0.05, 0) is 19.4 Å². The van der Waals surface area contributed by atoms with Gasteiger partial charge in [0.15, 0.2) is 0 Å². The molecule has 2 bridgehead atoms. The highest BCUT2D eigenvalue weighted by Gasteiger charge is 2.32. The largest absolute Gasteiger partial charge is 0.479 e. The first kappa shape index (κ1) is 17.6. The average molecular weight is 362 g/mol. The van der Waals surface area contributed by atoms with Crippen LogP contribution >= 0.6 is 23.3 Å². The summed E-state index contributed by atoms with van der Waals surface area (Å²) in [4.78, 5) is 20.6. The molecule has 1 aromatic heterocycles. The van der Waals surface area contributed by atoms with E-state index in [1.54, 1.807) is 7.11 Å². The Bertz CT molecular complexity index is 621. The van der Waals surface area contributed by atoms with Gasteiger partial charge in [-0.25, -0.2) is 9.59 Å². The molecule has 2 aliphatic heterocycles. The Kier molecular flexibility index (Phi) is 5.91. The van der Waals surface area contributed by atoms with E-state index in [-0.39, 0.29) is 0 Å². The number of carbonyl (C=O) groups is 2. The van der Waals surface area contributed by atoms with E-state index in [1.165, 1.54) is 24.6 Å². The van der Waals surface area contributed by atoms with Crippen molar-refractivity contribution in [3.05, 3.63) is 10.7 Å². The smallest absolute Gasteiger partial charge is 0.414 e. The quantitative estimate of drug-likeness (QED) is 0.759. The molecule has 0 spiro atoms. The highest BCUT2D eigenvalue weighted by molar-refractivity contribution is 6.99. The molecule has 3 rings (SSSR count). The van der Waals surface area contributed by atoms with Crippen molar-refractivity contribution in [1.29, 1.82) is 0 Å². The molecule has 2 atom stereocenters. The van der Waals surface area contributed by atoms with E-state index >= 15 is 0 Å². The second kappa shape index (κ2) is 7.71. The number of carboxylic acid groups (broad SMARTS) is 2. The van der Waals surface area contributed by atoms with E-state index in [1.807, 2.05) is 0 Å². The standard InChI is InChI=1S/C11H14ClN3OS.C2H2O4/c1-16-11-10(13-17-14-11)8-6-15-4-2-3-7(5-15)9(8)12;3-1(4)2(5)6/h7H,2-6H2,1H3;(H,3,4)(H,5,6). The maximum absolute atomic E-state index is 9.10. The number of hydrogen-bond donors (Lipinski definition) is 2. The molecule has 8 nitrogen and oxygen atoms in total. The van der Waals surface area contributed by atoms with E-state index in [4.69, 9.17) is 36.1 Å². The molecule has 0 aliphatic carbocycles. The Morgan fingerprint density at radius 2 is 2.04 bits per heavy atom. The molecule has 1 saturated heterocycles. The summed E-state index contributed by atoms with van der Waals surface area (Å²) in [5.74, 6) is -2.57. The Balaban J connectivity index is 0.000000277. The Morgan fingerprint density at radius 3 is 2.65 bits per heavy atom. The van der Waals surface area contributed by atoms with Gasteiger partial charge in [-0.3, -0.25) is 4.90 Å². The van der Waals surface area contributed by atoms with Gasteiger partial charge < -0.3 is 14.9 Å². The number of nitrogens with zero attached hydrogens (tertiary/aromatic N) is 3. The number of aliphatic carboxylic acids is 2. The van der Waals surface area contributed by atoms with Crippen LogP contribution in [0.15, 0.2) is 5.03 Å². The number of carboxylic acids is 2. The van der Waals surface area contributed by atoms with Crippen LogP contribution in [0.3, 0.4) is 0 Å². The minimum Gasteiger partial charge on any atom is -0.479 e. The van der Waals surface area contributed by atoms with E-state index in [9.17, 15) is 0 Å². The monoisotopic (exact) mass is 361 g/mol. The molecule has 2 unspecified atom stereocenters. The number of piperidine rings is 1. The zero-order valence-electron chi connectivity index (χ0n) is 12.4. The van der Waals surface area contributed by atoms with Crippen LogP contribution in [0.2, 0.25) is 0 Å². The average Bonchev–Trinajstić information content (AvgIpc) is 3.00. The third-order valence-electron chi connectivity index (χ3n) is 3.65. The van der Waals surface area contributed by atoms with Crippen molar-refractivity contribution in [2.75, 3.05) is 26.7 Å². The molecule has 0 amide bonds. The van der Waals surface area contributed by atoms with Crippen LogP contribution in [0.1, 0.15) is 18.5 Å². The molecule has 126 valence electrons. The lowest BCUT2D eigenvalue weighted by Crippen LogP contribution is -2.40. The summed E-state index contributed by atoms with van der Waals surface area (Å²) < 4.78 is 13.7. The Morgan fingerprint density at radius 1 is 1.35 bits per heavy atom. The van der Waals surface area contributed by atoms with Crippen molar-refractivity contribution in [2.24, 2.45) is 5.92 Å². The molecule has 2 aliphatic rings. The van der Waals surface area contributed by atoms with Gasteiger partial charge in [0, 0.05) is 29.6 Å². The van der Waals surface area contributed by atoms with Crippen LogP contribution in [0.25, 0.3) is 5.57 Å². The summed E-state index contributed by atoms with van der Waals surface area (Å²) in [6.45, 7) is 3.11. The number of aromatic nitrogens is 2. The fraction of sp³-hybridized carbons (Fsp3) is 0.538. The Hall–Kier alpha value is -1.71. The Labute approximate surface area is 141 Å². The van der Waals surface area contributed by atoms with Crippen molar-refractivity contribution in [3.63, 3.8) is 0 Å². The van der Waals surface area contributed by atoms with Crippen molar-refractivity contribution in [1.82, 2.24) is 13.6 Å². The van der Waals surface area contributed by atoms with Gasteiger partial charge in [-0.15, -0.1) is 4.37 Å². The van der Waals surface area contributed by atoms with Gasteiger partial charge in [0.2, 0.25) is 0 Å². The molecule has 2 N–H and O–H groups in total. The lowest BCUT2D eigenvalue weighted by molar-refractivity contribution is -0.159. The summed E-state index contributed by atoms with van der Waals surface area (Å²) in [5.41, 5.74) is 1.94. The fourth-order valence-corrected chi connectivity index (χ4v) is 3.51. The predicted octanol–water partition coefficient (Wildman–Crippen LogP) is 1.38. The molecule has 1 aromatic rings. The minimum atomic E-state index is -1.82. The van der Waals surface area contributed by atoms with E-state index in [0.717, 1.165) is 35.9 Å². The molecular weight excluding hydrogens is 346 g/mol. The number of rotatable bonds is 2. The number of halogens is 1. The highest BCUT2D eigenvalue weighted by Crippen LogP contribution is 2.39. The van der Waals surface area contributed by atoms with Crippen LogP contribution < -0.4 is 4.74 Å². The third kappa shape index (κ3) is 4.18. The molecule has 0 aromatic carbocycles. The maximum atomic E-state index is 9.10. The minimum absolute atomic E-state index is 0.473. The van der Waals surface area contributed by atoms with Crippen molar-refractivity contribution < 1.29 is 24.5 Å². The molecule has 0 radical (unpaired) electrons. The van der Waals surface area contributed by atoms with Crippen molar-refractivity contribution in [2.45, 2.75) is 12.8 Å². The zero-order chi connectivity index (χ0) is 17.0. The number of methoxy groups -OCH3 is 1. The first-order chi connectivity index (χ1) is 10.9. The zero-order valence-corrected chi connectivity index (χ0v) is 13.9. The summed E-state index contributed by atoms with van der Waals surface area (Å²) in [5, 5.41) is 15.7. The normalized spacial score (nSPS) is 22.9. The summed E-state index contributed by atoms with van der Waals surface area (Å²) >= 11 is 7.68. The lowest BCUT2D eigenvalue weighted by Gasteiger charge is -2.38. The van der Waals surface area contributed by atoms with E-state index < -0.39 is 11.9 Å². The SMILES string of the molecule is COc1nsnc1C1=C(Cl)C2CCCN(C1)C2.O=C(O)C(=O)O. The van der Waals surface area contributed by atoms with Crippen LogP contribution in [0.5, 0.6) is 5.88 Å². The summed E-state index contributed by atoms with van der Waals surface area (Å²) in [6, 6.07) is 0. The molecular formula is C13H16ClN3O5S. The first-order valence-corrected chi connectivity index (χ1v) is 7.98. The maximum Gasteiger partial charge on any atom is 0.414 e. The van der Waals surface area contributed by atoms with Gasteiger partial charge in [0.1, 0.15) is 5.69 Å². The number of fused-ring (bicyclic) bond motifs is 2. The summed E-state index contributed by atoms with van der Waals surface area (Å²) in [6.07, 6.45) is 2.42. The van der Waals surface area contributed by atoms with Gasteiger partial charge in [-0.2, -0.15) is 4.37 Å². The molecule has 3 heterocycles. The number of ether oxygens (including phenoxy) is 1. The second-order valence-electron chi connectivity index (χ2n) is 5.13. The van der Waals surface area contributed by atoms with Crippen molar-refractivity contribution >= 4 is 40.8 Å². The molecule has 10 heteroatoms. The highest BCUT2D eigenvalue weighted by atomic mass is 35.5. The topological polar surface area (TPSA) is 113 Å². The van der Waals surface area contributed by atoms with Crippen LogP contribution in [-0.2, 0) is 9.59 Å². The van der Waals surface area contributed by atoms with E-state index in [0.29, 0.717) is 11.8 Å². The molecule has 0 saturated carbocycles.